The molecule has 0 aromatic carbocycles. The van der Waals surface area contributed by atoms with E-state index in [1.54, 1.807) is 18.4 Å². The van der Waals surface area contributed by atoms with Crippen LogP contribution in [0.25, 0.3) is 22.4 Å². The number of hydrogen-bond acceptors (Lipinski definition) is 7. The Hall–Kier alpha value is -1.99. The van der Waals surface area contributed by atoms with Crippen molar-refractivity contribution in [1.29, 1.82) is 0 Å². The van der Waals surface area contributed by atoms with Crippen LogP contribution in [0, 0.1) is 6.92 Å². The second kappa shape index (κ2) is 4.35. The lowest BCUT2D eigenvalue weighted by atomic mass is 10.4. The topological polar surface area (TPSA) is 91.0 Å². The molecule has 0 unspecified atom stereocenters. The minimum Gasteiger partial charge on any atom is -0.461 e. The Labute approximate surface area is 106 Å². The van der Waals surface area contributed by atoms with Gasteiger partial charge in [0.1, 0.15) is 9.88 Å². The van der Waals surface area contributed by atoms with Gasteiger partial charge in [-0.1, -0.05) is 5.16 Å². The van der Waals surface area contributed by atoms with Gasteiger partial charge in [0.2, 0.25) is 5.82 Å². The van der Waals surface area contributed by atoms with Crippen LogP contribution >= 0.6 is 11.3 Å². The zero-order valence-corrected chi connectivity index (χ0v) is 10.4. The molecule has 0 saturated carbocycles. The van der Waals surface area contributed by atoms with Gasteiger partial charge in [0.25, 0.3) is 5.89 Å². The maximum Gasteiger partial charge on any atom is 0.270 e. The zero-order valence-electron chi connectivity index (χ0n) is 9.58. The Morgan fingerprint density at radius 2 is 2.28 bits per heavy atom. The molecular weight excluding hydrogens is 252 g/mol. The third-order valence-electron chi connectivity index (χ3n) is 2.38. The highest BCUT2D eigenvalue weighted by molar-refractivity contribution is 7.15. The van der Waals surface area contributed by atoms with E-state index < -0.39 is 0 Å². The number of thiazole rings is 1. The summed E-state index contributed by atoms with van der Waals surface area (Å²) in [7, 11) is 0. The molecule has 6 nitrogen and oxygen atoms in total. The minimum absolute atomic E-state index is 0.407. The molecule has 0 spiro atoms. The minimum atomic E-state index is 0.407. The fraction of sp³-hybridized carbons (Fsp3) is 0.182. The maximum atomic E-state index is 5.56. The fourth-order valence-electron chi connectivity index (χ4n) is 1.56. The van der Waals surface area contributed by atoms with Crippen LogP contribution in [0.1, 0.15) is 10.7 Å². The number of aromatic nitrogens is 3. The molecule has 0 aliphatic heterocycles. The third kappa shape index (κ3) is 1.83. The van der Waals surface area contributed by atoms with Crippen LogP contribution in [-0.4, -0.2) is 15.1 Å². The van der Waals surface area contributed by atoms with Crippen LogP contribution in [0.2, 0.25) is 0 Å². The lowest BCUT2D eigenvalue weighted by Crippen LogP contribution is -1.94. The van der Waals surface area contributed by atoms with Crippen LogP contribution in [0.15, 0.2) is 27.3 Å². The quantitative estimate of drug-likeness (QED) is 0.778. The summed E-state index contributed by atoms with van der Waals surface area (Å²) >= 11 is 1.46. The maximum absolute atomic E-state index is 5.56. The van der Waals surface area contributed by atoms with Gasteiger partial charge >= 0.3 is 0 Å². The first kappa shape index (κ1) is 11.1. The summed E-state index contributed by atoms with van der Waals surface area (Å²) in [6, 6.07) is 3.55. The van der Waals surface area contributed by atoms with E-state index in [0.717, 1.165) is 15.6 Å². The number of aryl methyl sites for hydroxylation is 1. The summed E-state index contributed by atoms with van der Waals surface area (Å²) in [5.74, 6) is 1.44. The molecule has 0 atom stereocenters. The van der Waals surface area contributed by atoms with Crippen molar-refractivity contribution in [3.05, 3.63) is 29.1 Å². The Bertz CT molecular complexity index is 656. The second-order valence-electron chi connectivity index (χ2n) is 3.63. The highest BCUT2D eigenvalue weighted by Gasteiger charge is 2.17. The highest BCUT2D eigenvalue weighted by atomic mass is 32.1. The molecule has 0 saturated heterocycles. The monoisotopic (exact) mass is 262 g/mol. The first-order valence-corrected chi connectivity index (χ1v) is 6.14. The number of nitrogens with two attached hydrogens (primary N) is 1. The number of hydrogen-bond donors (Lipinski definition) is 1. The van der Waals surface area contributed by atoms with Crippen molar-refractivity contribution in [1.82, 2.24) is 15.1 Å². The largest absolute Gasteiger partial charge is 0.461 e. The number of nitrogens with zero attached hydrogens (tertiary/aromatic N) is 3. The van der Waals surface area contributed by atoms with E-state index in [4.69, 9.17) is 14.7 Å². The molecule has 0 aliphatic carbocycles. The number of furan rings is 1. The first-order chi connectivity index (χ1) is 8.78. The molecular formula is C11H10N4O2S. The fourth-order valence-corrected chi connectivity index (χ4v) is 2.42. The molecule has 7 heteroatoms. The van der Waals surface area contributed by atoms with Crippen LogP contribution < -0.4 is 5.73 Å². The molecule has 0 radical (unpaired) electrons. The average Bonchev–Trinajstić information content (AvgIpc) is 3.08. The van der Waals surface area contributed by atoms with Gasteiger partial charge in [-0.15, -0.1) is 11.3 Å². The molecule has 3 aromatic rings. The van der Waals surface area contributed by atoms with Gasteiger partial charge < -0.3 is 14.7 Å². The predicted molar refractivity (Wildman–Crippen MR) is 65.7 cm³/mol. The highest BCUT2D eigenvalue weighted by Crippen LogP contribution is 2.30. The molecule has 18 heavy (non-hydrogen) atoms. The summed E-state index contributed by atoms with van der Waals surface area (Å²) in [5, 5.41) is 4.73. The first-order valence-electron chi connectivity index (χ1n) is 5.32. The second-order valence-corrected chi connectivity index (χ2v) is 4.71. The Morgan fingerprint density at radius 1 is 1.39 bits per heavy atom. The predicted octanol–water partition coefficient (Wildman–Crippen LogP) is 2.22. The molecule has 3 aromatic heterocycles. The Balaban J connectivity index is 2.00. The van der Waals surface area contributed by atoms with E-state index in [2.05, 4.69) is 15.1 Å². The smallest absolute Gasteiger partial charge is 0.270 e. The summed E-state index contributed by atoms with van der Waals surface area (Å²) in [6.45, 7) is 2.30. The van der Waals surface area contributed by atoms with Crippen LogP contribution in [0.4, 0.5) is 0 Å². The van der Waals surface area contributed by atoms with Gasteiger partial charge in [-0.25, -0.2) is 4.98 Å². The van der Waals surface area contributed by atoms with E-state index >= 15 is 0 Å². The van der Waals surface area contributed by atoms with Crippen molar-refractivity contribution in [2.75, 3.05) is 0 Å². The summed E-state index contributed by atoms with van der Waals surface area (Å²) < 4.78 is 10.4. The van der Waals surface area contributed by atoms with Gasteiger partial charge in [0, 0.05) is 6.54 Å². The van der Waals surface area contributed by atoms with Crippen molar-refractivity contribution < 1.29 is 8.94 Å². The average molecular weight is 262 g/mol. The van der Waals surface area contributed by atoms with Gasteiger partial charge in [0.15, 0.2) is 5.76 Å². The van der Waals surface area contributed by atoms with Gasteiger partial charge in [-0.05, 0) is 19.1 Å². The lowest BCUT2D eigenvalue weighted by molar-refractivity contribution is 0.430. The van der Waals surface area contributed by atoms with E-state index in [-0.39, 0.29) is 0 Å². The number of rotatable bonds is 3. The molecule has 0 aliphatic rings. The Morgan fingerprint density at radius 3 is 2.94 bits per heavy atom. The molecule has 0 fully saturated rings. The zero-order chi connectivity index (χ0) is 12.5. The van der Waals surface area contributed by atoms with Crippen molar-refractivity contribution in [2.45, 2.75) is 13.5 Å². The van der Waals surface area contributed by atoms with Gasteiger partial charge in [0.05, 0.1) is 12.0 Å². The van der Waals surface area contributed by atoms with Crippen molar-refractivity contribution >= 4 is 11.3 Å². The van der Waals surface area contributed by atoms with Crippen LogP contribution in [0.3, 0.4) is 0 Å². The SMILES string of the molecule is Cc1nc(CN)sc1-c1nc(-c2ccco2)no1. The molecule has 92 valence electrons. The van der Waals surface area contributed by atoms with Crippen molar-refractivity contribution in [2.24, 2.45) is 5.73 Å². The van der Waals surface area contributed by atoms with Crippen LogP contribution in [0.5, 0.6) is 0 Å². The molecule has 0 bridgehead atoms. The van der Waals surface area contributed by atoms with E-state index in [9.17, 15) is 0 Å². The summed E-state index contributed by atoms with van der Waals surface area (Å²) in [6.07, 6.45) is 1.57. The molecule has 0 amide bonds. The van der Waals surface area contributed by atoms with Crippen molar-refractivity contribution in [3.8, 4) is 22.4 Å². The molecule has 2 N–H and O–H groups in total. The molecule has 3 heterocycles. The van der Waals surface area contributed by atoms with E-state index in [1.807, 2.05) is 6.92 Å². The van der Waals surface area contributed by atoms with Gasteiger partial charge in [-0.3, -0.25) is 0 Å². The normalized spacial score (nSPS) is 11.0. The molecule has 3 rings (SSSR count). The third-order valence-corrected chi connectivity index (χ3v) is 3.55. The summed E-state index contributed by atoms with van der Waals surface area (Å²) in [5.41, 5.74) is 6.40. The van der Waals surface area contributed by atoms with E-state index in [1.165, 1.54) is 11.3 Å². The standard InChI is InChI=1S/C11H10N4O2S/c1-6-9(18-8(5-12)13-6)11-14-10(15-17-11)7-3-2-4-16-7/h2-4H,5,12H2,1H3. The lowest BCUT2D eigenvalue weighted by Gasteiger charge is -1.87. The van der Waals surface area contributed by atoms with Crippen molar-refractivity contribution in [3.63, 3.8) is 0 Å². The Kier molecular flexibility index (Phi) is 2.69. The van der Waals surface area contributed by atoms with E-state index in [0.29, 0.717) is 24.0 Å². The van der Waals surface area contributed by atoms with Crippen LogP contribution in [-0.2, 0) is 6.54 Å². The van der Waals surface area contributed by atoms with Gasteiger partial charge in [-0.2, -0.15) is 4.98 Å². The summed E-state index contributed by atoms with van der Waals surface area (Å²) in [4.78, 5) is 9.46.